The van der Waals surface area contributed by atoms with Crippen LogP contribution in [0.3, 0.4) is 0 Å². The lowest BCUT2D eigenvalue weighted by Crippen LogP contribution is -2.38. The number of aromatic nitrogens is 1. The van der Waals surface area contributed by atoms with E-state index >= 15 is 0 Å². The Morgan fingerprint density at radius 2 is 2.06 bits per heavy atom. The molecule has 2 rings (SSSR count). The molecule has 2 N–H and O–H groups in total. The Balaban J connectivity index is 1.97. The first kappa shape index (κ1) is 13.6. The molecule has 0 bridgehead atoms. The van der Waals surface area contributed by atoms with Crippen molar-refractivity contribution < 1.29 is 0 Å². The number of piperidine rings is 1. The number of rotatable bonds is 3. The van der Waals surface area contributed by atoms with E-state index in [0.29, 0.717) is 16.3 Å². The lowest BCUT2D eigenvalue weighted by Gasteiger charge is -2.38. The van der Waals surface area contributed by atoms with Crippen molar-refractivity contribution in [2.45, 2.75) is 39.7 Å². The SMILES string of the molecule is CCC1(C)CCN(Cc2nc(N)ccc2Cl)CC1. The van der Waals surface area contributed by atoms with E-state index in [9.17, 15) is 0 Å². The van der Waals surface area contributed by atoms with Crippen molar-refractivity contribution in [3.63, 3.8) is 0 Å². The number of nitrogens with two attached hydrogens (primary N) is 1. The average Bonchev–Trinajstić information content (AvgIpc) is 2.37. The fourth-order valence-electron chi connectivity index (χ4n) is 2.43. The summed E-state index contributed by atoms with van der Waals surface area (Å²) in [6, 6.07) is 3.58. The molecule has 18 heavy (non-hydrogen) atoms. The van der Waals surface area contributed by atoms with E-state index in [1.54, 1.807) is 6.07 Å². The van der Waals surface area contributed by atoms with Crippen molar-refractivity contribution in [1.29, 1.82) is 0 Å². The molecule has 0 atom stereocenters. The summed E-state index contributed by atoms with van der Waals surface area (Å²) in [5.41, 5.74) is 7.13. The second-order valence-electron chi connectivity index (χ2n) is 5.60. The van der Waals surface area contributed by atoms with E-state index in [-0.39, 0.29) is 0 Å². The molecule has 1 aromatic heterocycles. The van der Waals surface area contributed by atoms with E-state index in [1.807, 2.05) is 6.07 Å². The molecule has 1 fully saturated rings. The first-order valence-corrected chi connectivity index (χ1v) is 7.03. The highest BCUT2D eigenvalue weighted by Crippen LogP contribution is 2.34. The molecule has 4 heteroatoms. The Bertz CT molecular complexity index is 412. The molecule has 0 unspecified atom stereocenters. The van der Waals surface area contributed by atoms with Crippen LogP contribution in [0.5, 0.6) is 0 Å². The predicted octanol–water partition coefficient (Wildman–Crippen LogP) is 3.33. The van der Waals surface area contributed by atoms with Gasteiger partial charge in [-0.3, -0.25) is 4.90 Å². The molecule has 0 aromatic carbocycles. The van der Waals surface area contributed by atoms with Gasteiger partial charge in [0.25, 0.3) is 0 Å². The van der Waals surface area contributed by atoms with Crippen LogP contribution < -0.4 is 5.73 Å². The van der Waals surface area contributed by atoms with Crippen LogP contribution >= 0.6 is 11.6 Å². The smallest absolute Gasteiger partial charge is 0.123 e. The van der Waals surface area contributed by atoms with Gasteiger partial charge in [-0.25, -0.2) is 4.98 Å². The van der Waals surface area contributed by atoms with Gasteiger partial charge in [0.05, 0.1) is 10.7 Å². The highest BCUT2D eigenvalue weighted by Gasteiger charge is 2.28. The van der Waals surface area contributed by atoms with Crippen LogP contribution in [-0.4, -0.2) is 23.0 Å². The number of likely N-dealkylation sites (tertiary alicyclic amines) is 1. The molecule has 0 saturated carbocycles. The van der Waals surface area contributed by atoms with Gasteiger partial charge in [0, 0.05) is 6.54 Å². The number of hydrogen-bond acceptors (Lipinski definition) is 3. The number of halogens is 1. The van der Waals surface area contributed by atoms with Crippen molar-refractivity contribution in [2.24, 2.45) is 5.41 Å². The third-order valence-corrected chi connectivity index (χ3v) is 4.57. The fraction of sp³-hybridized carbons (Fsp3) is 0.643. The largest absolute Gasteiger partial charge is 0.384 e. The van der Waals surface area contributed by atoms with Crippen LogP contribution in [-0.2, 0) is 6.54 Å². The van der Waals surface area contributed by atoms with Crippen molar-refractivity contribution in [3.8, 4) is 0 Å². The van der Waals surface area contributed by atoms with Crippen molar-refractivity contribution >= 4 is 17.4 Å². The highest BCUT2D eigenvalue weighted by molar-refractivity contribution is 6.31. The maximum absolute atomic E-state index is 6.15. The molecule has 3 nitrogen and oxygen atoms in total. The van der Waals surface area contributed by atoms with Gasteiger partial charge >= 0.3 is 0 Å². The number of hydrogen-bond donors (Lipinski definition) is 1. The summed E-state index contributed by atoms with van der Waals surface area (Å²) in [5.74, 6) is 0.546. The Morgan fingerprint density at radius 1 is 1.39 bits per heavy atom. The fourth-order valence-corrected chi connectivity index (χ4v) is 2.59. The second kappa shape index (κ2) is 5.45. The molecular formula is C14H22ClN3. The molecule has 1 aliphatic heterocycles. The lowest BCUT2D eigenvalue weighted by molar-refractivity contribution is 0.109. The maximum atomic E-state index is 6.15. The number of anilines is 1. The summed E-state index contributed by atoms with van der Waals surface area (Å²) >= 11 is 6.15. The Morgan fingerprint density at radius 3 is 2.67 bits per heavy atom. The van der Waals surface area contributed by atoms with E-state index in [0.717, 1.165) is 25.3 Å². The summed E-state index contributed by atoms with van der Waals surface area (Å²) in [7, 11) is 0. The highest BCUT2D eigenvalue weighted by atomic mass is 35.5. The second-order valence-corrected chi connectivity index (χ2v) is 6.01. The zero-order chi connectivity index (χ0) is 13.2. The van der Waals surface area contributed by atoms with Crippen LogP contribution in [0.25, 0.3) is 0 Å². The molecule has 1 aromatic rings. The zero-order valence-corrected chi connectivity index (χ0v) is 12.0. The van der Waals surface area contributed by atoms with Gasteiger partial charge < -0.3 is 5.73 Å². The summed E-state index contributed by atoms with van der Waals surface area (Å²) < 4.78 is 0. The van der Waals surface area contributed by atoms with Crippen LogP contribution in [0.15, 0.2) is 12.1 Å². The summed E-state index contributed by atoms with van der Waals surface area (Å²) in [6.45, 7) is 7.72. The average molecular weight is 268 g/mol. The molecular weight excluding hydrogens is 246 g/mol. The van der Waals surface area contributed by atoms with E-state index < -0.39 is 0 Å². The minimum Gasteiger partial charge on any atom is -0.384 e. The molecule has 0 radical (unpaired) electrons. The minimum atomic E-state index is 0.517. The van der Waals surface area contributed by atoms with Gasteiger partial charge in [-0.2, -0.15) is 0 Å². The van der Waals surface area contributed by atoms with Gasteiger partial charge in [0.1, 0.15) is 5.82 Å². The number of pyridine rings is 1. The summed E-state index contributed by atoms with van der Waals surface area (Å²) in [4.78, 5) is 6.75. The standard InChI is InChI=1S/C14H22ClN3/c1-3-14(2)6-8-18(9-7-14)10-12-11(15)4-5-13(16)17-12/h4-5H,3,6-10H2,1-2H3,(H2,16,17). The molecule has 1 saturated heterocycles. The molecule has 2 heterocycles. The third kappa shape index (κ3) is 3.15. The van der Waals surface area contributed by atoms with Gasteiger partial charge in [0.15, 0.2) is 0 Å². The molecule has 0 amide bonds. The van der Waals surface area contributed by atoms with Gasteiger partial charge in [-0.05, 0) is 43.5 Å². The molecule has 100 valence electrons. The van der Waals surface area contributed by atoms with Crippen LogP contribution in [0, 0.1) is 5.41 Å². The lowest BCUT2D eigenvalue weighted by atomic mass is 9.78. The first-order chi connectivity index (χ1) is 8.52. The van der Waals surface area contributed by atoms with Crippen molar-refractivity contribution in [2.75, 3.05) is 18.8 Å². The zero-order valence-electron chi connectivity index (χ0n) is 11.2. The Labute approximate surface area is 114 Å². The van der Waals surface area contributed by atoms with Gasteiger partial charge in [0.2, 0.25) is 0 Å². The molecule has 0 aliphatic carbocycles. The van der Waals surface area contributed by atoms with Crippen LogP contribution in [0.2, 0.25) is 5.02 Å². The van der Waals surface area contributed by atoms with Crippen LogP contribution in [0.4, 0.5) is 5.82 Å². The van der Waals surface area contributed by atoms with Crippen molar-refractivity contribution in [1.82, 2.24) is 9.88 Å². The van der Waals surface area contributed by atoms with E-state index in [1.165, 1.54) is 19.3 Å². The van der Waals surface area contributed by atoms with E-state index in [4.69, 9.17) is 17.3 Å². The Hall–Kier alpha value is -0.800. The topological polar surface area (TPSA) is 42.2 Å². The molecule has 0 spiro atoms. The van der Waals surface area contributed by atoms with E-state index in [2.05, 4.69) is 23.7 Å². The van der Waals surface area contributed by atoms with Gasteiger partial charge in [-0.15, -0.1) is 0 Å². The van der Waals surface area contributed by atoms with Crippen molar-refractivity contribution in [3.05, 3.63) is 22.8 Å². The molecule has 1 aliphatic rings. The Kier molecular flexibility index (Phi) is 4.13. The quantitative estimate of drug-likeness (QED) is 0.913. The van der Waals surface area contributed by atoms with Gasteiger partial charge in [-0.1, -0.05) is 31.9 Å². The summed E-state index contributed by atoms with van der Waals surface area (Å²) in [5, 5.41) is 0.716. The monoisotopic (exact) mass is 267 g/mol. The number of nitrogens with zero attached hydrogens (tertiary/aromatic N) is 2. The number of nitrogen functional groups attached to an aromatic ring is 1. The maximum Gasteiger partial charge on any atom is 0.123 e. The third-order valence-electron chi connectivity index (χ3n) is 4.23. The summed E-state index contributed by atoms with van der Waals surface area (Å²) in [6.07, 6.45) is 3.77. The van der Waals surface area contributed by atoms with Crippen LogP contribution in [0.1, 0.15) is 38.8 Å². The minimum absolute atomic E-state index is 0.517. The normalized spacial score (nSPS) is 19.9. The first-order valence-electron chi connectivity index (χ1n) is 6.66. The predicted molar refractivity (Wildman–Crippen MR) is 76.6 cm³/mol.